The summed E-state index contributed by atoms with van der Waals surface area (Å²) >= 11 is 2.45. The number of hydrogen-bond acceptors (Lipinski definition) is 8. The lowest BCUT2D eigenvalue weighted by molar-refractivity contribution is -0.119. The summed E-state index contributed by atoms with van der Waals surface area (Å²) in [6, 6.07) is -0.261. The van der Waals surface area contributed by atoms with Crippen molar-refractivity contribution in [1.29, 1.82) is 0 Å². The van der Waals surface area contributed by atoms with Crippen LogP contribution in [0.5, 0.6) is 0 Å². The molecule has 0 aliphatic carbocycles. The van der Waals surface area contributed by atoms with E-state index in [0.29, 0.717) is 15.9 Å². The van der Waals surface area contributed by atoms with Crippen molar-refractivity contribution in [2.45, 2.75) is 16.8 Å². The molecule has 18 heavy (non-hydrogen) atoms. The smallest absolute Gasteiger partial charge is 0.230 e. The Morgan fingerprint density at radius 2 is 2.33 bits per heavy atom. The van der Waals surface area contributed by atoms with Crippen molar-refractivity contribution in [2.75, 3.05) is 23.0 Å². The monoisotopic (exact) mass is 308 g/mol. The van der Waals surface area contributed by atoms with Gasteiger partial charge in [0, 0.05) is 6.04 Å². The fraction of sp³-hybridized carbons (Fsp3) is 0.625. The minimum Gasteiger partial charge on any atom is -0.374 e. The number of hydrogen-bond donors (Lipinski definition) is 2. The molecule has 3 N–H and O–H groups in total. The topological polar surface area (TPSA) is 115 Å². The van der Waals surface area contributed by atoms with Gasteiger partial charge in [0.1, 0.15) is 0 Å². The number of sulfone groups is 1. The van der Waals surface area contributed by atoms with Crippen LogP contribution in [0.15, 0.2) is 4.34 Å². The first-order valence-corrected chi connectivity index (χ1v) is 8.78. The first-order chi connectivity index (χ1) is 8.44. The van der Waals surface area contributed by atoms with E-state index in [1.165, 1.54) is 23.1 Å². The average molecular weight is 308 g/mol. The number of carbonyl (C=O) groups excluding carboxylic acids is 1. The second kappa shape index (κ2) is 5.41. The Morgan fingerprint density at radius 1 is 1.56 bits per heavy atom. The summed E-state index contributed by atoms with van der Waals surface area (Å²) in [5.41, 5.74) is 5.41. The fourth-order valence-corrected chi connectivity index (χ4v) is 4.70. The highest BCUT2D eigenvalue weighted by atomic mass is 32.2. The first kappa shape index (κ1) is 13.6. The van der Waals surface area contributed by atoms with Gasteiger partial charge >= 0.3 is 0 Å². The molecule has 0 saturated carbocycles. The zero-order valence-electron chi connectivity index (χ0n) is 9.33. The quantitative estimate of drug-likeness (QED) is 0.721. The van der Waals surface area contributed by atoms with Crippen LogP contribution in [0.3, 0.4) is 0 Å². The van der Waals surface area contributed by atoms with Gasteiger partial charge in [-0.05, 0) is 6.42 Å². The molecular formula is C8H12N4O3S3. The molecule has 100 valence electrons. The SMILES string of the molecule is Nc1nnc(SCC(=O)N[C@@H]2CCS(=O)(=O)C2)s1. The molecule has 1 aromatic rings. The zero-order chi connectivity index (χ0) is 13.2. The van der Waals surface area contributed by atoms with E-state index in [1.807, 2.05) is 0 Å². The first-order valence-electron chi connectivity index (χ1n) is 5.16. The molecule has 1 aliphatic rings. The van der Waals surface area contributed by atoms with E-state index in [2.05, 4.69) is 15.5 Å². The van der Waals surface area contributed by atoms with Gasteiger partial charge < -0.3 is 11.1 Å². The van der Waals surface area contributed by atoms with Gasteiger partial charge in [0.15, 0.2) is 14.2 Å². The molecule has 1 aromatic heterocycles. The molecule has 1 aliphatic heterocycles. The van der Waals surface area contributed by atoms with Crippen LogP contribution in [0.25, 0.3) is 0 Å². The summed E-state index contributed by atoms with van der Waals surface area (Å²) in [5, 5.41) is 10.5. The molecule has 2 heterocycles. The molecule has 7 nitrogen and oxygen atoms in total. The number of rotatable bonds is 4. The molecule has 1 saturated heterocycles. The van der Waals surface area contributed by atoms with Gasteiger partial charge in [-0.1, -0.05) is 23.1 Å². The van der Waals surface area contributed by atoms with Crippen molar-refractivity contribution >= 4 is 44.0 Å². The fourth-order valence-electron chi connectivity index (χ4n) is 1.58. The third-order valence-electron chi connectivity index (χ3n) is 2.35. The Hall–Kier alpha value is -0.870. The lowest BCUT2D eigenvalue weighted by atomic mass is 10.3. The van der Waals surface area contributed by atoms with Crippen LogP contribution in [-0.2, 0) is 14.6 Å². The maximum absolute atomic E-state index is 11.6. The van der Waals surface area contributed by atoms with Gasteiger partial charge in [-0.3, -0.25) is 4.79 Å². The molecular weight excluding hydrogens is 296 g/mol. The Labute approximate surface area is 112 Å². The normalized spacial score (nSPS) is 21.9. The van der Waals surface area contributed by atoms with Gasteiger partial charge in [0.25, 0.3) is 0 Å². The van der Waals surface area contributed by atoms with E-state index < -0.39 is 9.84 Å². The van der Waals surface area contributed by atoms with Gasteiger partial charge in [-0.25, -0.2) is 8.42 Å². The molecule has 0 unspecified atom stereocenters. The minimum atomic E-state index is -2.96. The van der Waals surface area contributed by atoms with E-state index in [9.17, 15) is 13.2 Å². The molecule has 0 radical (unpaired) electrons. The Kier molecular flexibility index (Phi) is 4.07. The number of thioether (sulfide) groups is 1. The zero-order valence-corrected chi connectivity index (χ0v) is 11.8. The third kappa shape index (κ3) is 3.82. The number of nitrogens with zero attached hydrogens (tertiary/aromatic N) is 2. The van der Waals surface area contributed by atoms with E-state index in [-0.39, 0.29) is 29.2 Å². The third-order valence-corrected chi connectivity index (χ3v) is 6.00. The van der Waals surface area contributed by atoms with Gasteiger partial charge in [-0.2, -0.15) is 0 Å². The largest absolute Gasteiger partial charge is 0.374 e. The van der Waals surface area contributed by atoms with Crippen LogP contribution in [0, 0.1) is 0 Å². The molecule has 2 rings (SSSR count). The van der Waals surface area contributed by atoms with Crippen LogP contribution in [0.2, 0.25) is 0 Å². The molecule has 0 aromatic carbocycles. The van der Waals surface area contributed by atoms with Crippen LogP contribution in [0.1, 0.15) is 6.42 Å². The molecule has 1 amide bonds. The predicted molar refractivity (Wildman–Crippen MR) is 70.2 cm³/mol. The maximum Gasteiger partial charge on any atom is 0.230 e. The van der Waals surface area contributed by atoms with Crippen molar-refractivity contribution in [2.24, 2.45) is 0 Å². The van der Waals surface area contributed by atoms with E-state index in [0.717, 1.165) is 0 Å². The van der Waals surface area contributed by atoms with Gasteiger partial charge in [-0.15, -0.1) is 10.2 Å². The summed E-state index contributed by atoms with van der Waals surface area (Å²) in [6.45, 7) is 0. The van der Waals surface area contributed by atoms with Crippen LogP contribution >= 0.6 is 23.1 Å². The van der Waals surface area contributed by atoms with Gasteiger partial charge in [0.05, 0.1) is 17.3 Å². The van der Waals surface area contributed by atoms with Gasteiger partial charge in [0.2, 0.25) is 11.0 Å². The number of carbonyl (C=O) groups is 1. The average Bonchev–Trinajstić information content (AvgIpc) is 2.82. The summed E-state index contributed by atoms with van der Waals surface area (Å²) in [4.78, 5) is 11.6. The van der Waals surface area contributed by atoms with Crippen molar-refractivity contribution < 1.29 is 13.2 Å². The summed E-state index contributed by atoms with van der Waals surface area (Å²) in [6.07, 6.45) is 0.491. The van der Waals surface area contributed by atoms with Crippen molar-refractivity contribution in [3.8, 4) is 0 Å². The highest BCUT2D eigenvalue weighted by Crippen LogP contribution is 2.23. The minimum absolute atomic E-state index is 0.0369. The number of nitrogen functional groups attached to an aromatic ring is 1. The van der Waals surface area contributed by atoms with Crippen LogP contribution in [0.4, 0.5) is 5.13 Å². The lowest BCUT2D eigenvalue weighted by Crippen LogP contribution is -2.36. The van der Waals surface area contributed by atoms with Crippen molar-refractivity contribution in [1.82, 2.24) is 15.5 Å². The number of anilines is 1. The highest BCUT2D eigenvalue weighted by molar-refractivity contribution is 8.01. The standard InChI is InChI=1S/C8H12N4O3S3/c9-7-11-12-8(17-7)16-3-6(13)10-5-1-2-18(14,15)4-5/h5H,1-4H2,(H2,9,11)(H,10,13)/t5-/m1/s1. The molecule has 1 atom stereocenters. The van der Waals surface area contributed by atoms with Crippen LogP contribution < -0.4 is 11.1 Å². The second-order valence-corrected chi connectivity index (χ2v) is 8.32. The van der Waals surface area contributed by atoms with E-state index in [1.54, 1.807) is 0 Å². The number of nitrogens with one attached hydrogen (secondary N) is 1. The van der Waals surface area contributed by atoms with Crippen molar-refractivity contribution in [3.05, 3.63) is 0 Å². The molecule has 0 bridgehead atoms. The van der Waals surface area contributed by atoms with E-state index in [4.69, 9.17) is 5.73 Å². The number of amides is 1. The molecule has 0 spiro atoms. The maximum atomic E-state index is 11.6. The number of nitrogens with two attached hydrogens (primary N) is 1. The second-order valence-electron chi connectivity index (χ2n) is 3.86. The van der Waals surface area contributed by atoms with Crippen molar-refractivity contribution in [3.63, 3.8) is 0 Å². The summed E-state index contributed by atoms with van der Waals surface area (Å²) < 4.78 is 23.1. The predicted octanol–water partition coefficient (Wildman–Crippen LogP) is -0.484. The molecule has 10 heteroatoms. The van der Waals surface area contributed by atoms with E-state index >= 15 is 0 Å². The Bertz CT molecular complexity index is 542. The lowest BCUT2D eigenvalue weighted by Gasteiger charge is -2.09. The number of aromatic nitrogens is 2. The molecule has 1 fully saturated rings. The van der Waals surface area contributed by atoms with Crippen LogP contribution in [-0.4, -0.2) is 47.8 Å². The Morgan fingerprint density at radius 3 is 2.89 bits per heavy atom. The highest BCUT2D eigenvalue weighted by Gasteiger charge is 2.28. The Balaban J connectivity index is 1.76. The summed E-state index contributed by atoms with van der Waals surface area (Å²) in [5.74, 6) is 0.175. The summed E-state index contributed by atoms with van der Waals surface area (Å²) in [7, 11) is -2.96.